The maximum atomic E-state index is 7.77. The normalized spacial score (nSPS) is 12.0. The first-order valence-corrected chi connectivity index (χ1v) is 11.2. The van der Waals surface area contributed by atoms with Crippen LogP contribution in [0.25, 0.3) is 21.3 Å². The number of amidine groups is 1. The molecule has 0 spiro atoms. The molecule has 5 rings (SSSR count). The molecule has 5 nitrogen and oxygen atoms in total. The first kappa shape index (κ1) is 20.0. The Hall–Kier alpha value is -3.90. The molecule has 0 aliphatic rings. The van der Waals surface area contributed by atoms with E-state index in [2.05, 4.69) is 24.3 Å². The van der Waals surface area contributed by atoms with Gasteiger partial charge in [-0.05, 0) is 29.8 Å². The molecule has 0 saturated heterocycles. The number of nitrogens with zero attached hydrogens (tertiary/aromatic N) is 2. The van der Waals surface area contributed by atoms with Crippen molar-refractivity contribution in [3.05, 3.63) is 108 Å². The van der Waals surface area contributed by atoms with E-state index in [0.29, 0.717) is 6.54 Å². The molecule has 0 bridgehead atoms. The summed E-state index contributed by atoms with van der Waals surface area (Å²) < 4.78 is 9.53. The van der Waals surface area contributed by atoms with Crippen molar-refractivity contribution in [2.24, 2.45) is 5.73 Å². The van der Waals surface area contributed by atoms with Gasteiger partial charge in [-0.1, -0.05) is 66.7 Å². The summed E-state index contributed by atoms with van der Waals surface area (Å²) in [5.74, 6) is 0.845. The summed E-state index contributed by atoms with van der Waals surface area (Å²) in [4.78, 5) is 0.742. The molecule has 0 amide bonds. The van der Waals surface area contributed by atoms with Crippen molar-refractivity contribution in [1.82, 2.24) is 9.78 Å². The molecule has 0 radical (unpaired) electrons. The van der Waals surface area contributed by atoms with Crippen LogP contribution in [-0.2, 0) is 6.54 Å². The number of fused-ring (bicyclic) bond motifs is 1. The Kier molecular flexibility index (Phi) is 5.44. The summed E-state index contributed by atoms with van der Waals surface area (Å²) in [5, 5.41) is 13.5. The van der Waals surface area contributed by atoms with Gasteiger partial charge in [-0.15, -0.1) is 11.3 Å². The lowest BCUT2D eigenvalue weighted by Gasteiger charge is -2.20. The molecule has 0 aliphatic heterocycles. The van der Waals surface area contributed by atoms with Crippen LogP contribution < -0.4 is 10.5 Å². The fraction of sp³-hybridized carbons (Fsp3) is 0.0769. The van der Waals surface area contributed by atoms with E-state index < -0.39 is 0 Å². The highest BCUT2D eigenvalue weighted by atomic mass is 32.1. The minimum absolute atomic E-state index is 0.0711. The highest BCUT2D eigenvalue weighted by Crippen LogP contribution is 2.35. The first-order valence-electron chi connectivity index (χ1n) is 10.3. The second-order valence-corrected chi connectivity index (χ2v) is 8.58. The molecule has 32 heavy (non-hydrogen) atoms. The minimum atomic E-state index is -0.231. The van der Waals surface area contributed by atoms with Crippen LogP contribution in [-0.4, -0.2) is 15.6 Å². The quantitative estimate of drug-likeness (QED) is 0.246. The molecule has 0 saturated carbocycles. The minimum Gasteiger partial charge on any atom is -0.483 e. The van der Waals surface area contributed by atoms with Gasteiger partial charge < -0.3 is 10.5 Å². The van der Waals surface area contributed by atoms with Crippen LogP contribution in [0.3, 0.4) is 0 Å². The number of nitrogens with two attached hydrogens (primary N) is 1. The Morgan fingerprint density at radius 2 is 1.72 bits per heavy atom. The highest BCUT2D eigenvalue weighted by molar-refractivity contribution is 7.20. The van der Waals surface area contributed by atoms with Crippen molar-refractivity contribution in [1.29, 1.82) is 5.41 Å². The summed E-state index contributed by atoms with van der Waals surface area (Å²) in [6.45, 7) is 0.566. The van der Waals surface area contributed by atoms with E-state index in [4.69, 9.17) is 21.0 Å². The molecule has 3 N–H and O–H groups in total. The van der Waals surface area contributed by atoms with Gasteiger partial charge in [0.25, 0.3) is 0 Å². The van der Waals surface area contributed by atoms with Gasteiger partial charge in [0.1, 0.15) is 17.7 Å². The molecule has 3 aromatic carbocycles. The van der Waals surface area contributed by atoms with E-state index in [1.807, 2.05) is 77.6 Å². The van der Waals surface area contributed by atoms with Gasteiger partial charge in [0.05, 0.1) is 17.1 Å². The monoisotopic (exact) mass is 438 g/mol. The number of nitrogen functional groups attached to an aromatic ring is 1. The van der Waals surface area contributed by atoms with E-state index in [0.717, 1.165) is 37.5 Å². The van der Waals surface area contributed by atoms with Crippen LogP contribution in [0.5, 0.6) is 5.75 Å². The Balaban J connectivity index is 1.47. The molecule has 1 atom stereocenters. The summed E-state index contributed by atoms with van der Waals surface area (Å²) in [6.07, 6.45) is 1.76. The molecule has 0 fully saturated rings. The number of nitrogens with one attached hydrogen (secondary N) is 1. The average molecular weight is 439 g/mol. The Bertz CT molecular complexity index is 1360. The number of rotatable bonds is 7. The topological polar surface area (TPSA) is 76.9 Å². The standard InChI is InChI=1S/C26H22N4OS/c27-26(28)25-16-20-22(12-7-13-24(20)32-25)31-23(19-10-5-2-6-11-19)17-30-15-14-21(29-30)18-8-3-1-4-9-18/h1-16,23H,17H2,(H3,27,28). The second-order valence-electron chi connectivity index (χ2n) is 7.50. The third-order valence-corrected chi connectivity index (χ3v) is 6.42. The van der Waals surface area contributed by atoms with Gasteiger partial charge in [0.2, 0.25) is 0 Å². The van der Waals surface area contributed by atoms with E-state index >= 15 is 0 Å². The summed E-state index contributed by atoms with van der Waals surface area (Å²) in [7, 11) is 0. The zero-order valence-electron chi connectivity index (χ0n) is 17.3. The van der Waals surface area contributed by atoms with Gasteiger partial charge in [-0.3, -0.25) is 10.1 Å². The molecule has 1 unspecified atom stereocenters. The van der Waals surface area contributed by atoms with Crippen LogP contribution in [0.1, 0.15) is 16.5 Å². The molecule has 0 aliphatic carbocycles. The largest absolute Gasteiger partial charge is 0.483 e. The molecular weight excluding hydrogens is 416 g/mol. The van der Waals surface area contributed by atoms with Crippen LogP contribution in [0.4, 0.5) is 0 Å². The first-order chi connectivity index (χ1) is 15.7. The van der Waals surface area contributed by atoms with E-state index in [-0.39, 0.29) is 11.9 Å². The number of ether oxygens (including phenoxy) is 1. The lowest BCUT2D eigenvalue weighted by molar-refractivity contribution is 0.180. The predicted octanol–water partition coefficient (Wildman–Crippen LogP) is 5.87. The van der Waals surface area contributed by atoms with Crippen molar-refractivity contribution >= 4 is 27.3 Å². The Morgan fingerprint density at radius 3 is 2.47 bits per heavy atom. The molecular formula is C26H22N4OS. The lowest BCUT2D eigenvalue weighted by Crippen LogP contribution is -2.16. The number of hydrogen-bond acceptors (Lipinski definition) is 4. The number of aromatic nitrogens is 2. The Labute approximate surface area is 190 Å². The van der Waals surface area contributed by atoms with Crippen LogP contribution >= 0.6 is 11.3 Å². The van der Waals surface area contributed by atoms with Crippen molar-refractivity contribution in [3.63, 3.8) is 0 Å². The summed E-state index contributed by atoms with van der Waals surface area (Å²) >= 11 is 1.50. The van der Waals surface area contributed by atoms with Gasteiger partial charge in [-0.2, -0.15) is 5.10 Å². The zero-order chi connectivity index (χ0) is 21.9. The average Bonchev–Trinajstić information content (AvgIpc) is 3.48. The third-order valence-electron chi connectivity index (χ3n) is 5.29. The number of thiophene rings is 1. The molecule has 2 aromatic heterocycles. The molecule has 2 heterocycles. The van der Waals surface area contributed by atoms with Crippen LogP contribution in [0.15, 0.2) is 97.2 Å². The van der Waals surface area contributed by atoms with Gasteiger partial charge in [-0.25, -0.2) is 0 Å². The summed E-state index contributed by atoms with van der Waals surface area (Å²) in [5.41, 5.74) is 8.81. The molecule has 158 valence electrons. The molecule has 6 heteroatoms. The maximum absolute atomic E-state index is 7.77. The number of hydrogen-bond donors (Lipinski definition) is 2. The van der Waals surface area contributed by atoms with Crippen molar-refractivity contribution in [2.75, 3.05) is 0 Å². The SMILES string of the molecule is N=C(N)c1cc2c(OC(Cn3ccc(-c4ccccc4)n3)c3ccccc3)cccc2s1. The fourth-order valence-corrected chi connectivity index (χ4v) is 4.64. The maximum Gasteiger partial charge on any atom is 0.143 e. The van der Waals surface area contributed by atoms with E-state index in [1.165, 1.54) is 11.3 Å². The van der Waals surface area contributed by atoms with Gasteiger partial charge in [0, 0.05) is 21.8 Å². The van der Waals surface area contributed by atoms with Crippen molar-refractivity contribution < 1.29 is 4.74 Å². The zero-order valence-corrected chi connectivity index (χ0v) is 18.1. The predicted molar refractivity (Wildman–Crippen MR) is 130 cm³/mol. The smallest absolute Gasteiger partial charge is 0.143 e. The third kappa shape index (κ3) is 4.13. The van der Waals surface area contributed by atoms with Crippen LogP contribution in [0.2, 0.25) is 0 Å². The Morgan fingerprint density at radius 1 is 0.969 bits per heavy atom. The van der Waals surface area contributed by atoms with E-state index in [9.17, 15) is 0 Å². The van der Waals surface area contributed by atoms with Crippen molar-refractivity contribution in [2.45, 2.75) is 12.6 Å². The highest BCUT2D eigenvalue weighted by Gasteiger charge is 2.18. The number of benzene rings is 3. The molecule has 5 aromatic rings. The van der Waals surface area contributed by atoms with E-state index in [1.54, 1.807) is 0 Å². The second kappa shape index (κ2) is 8.69. The fourth-order valence-electron chi connectivity index (χ4n) is 3.70. The van der Waals surface area contributed by atoms with Gasteiger partial charge >= 0.3 is 0 Å². The lowest BCUT2D eigenvalue weighted by atomic mass is 10.1. The van der Waals surface area contributed by atoms with Crippen molar-refractivity contribution in [3.8, 4) is 17.0 Å². The summed E-state index contributed by atoms with van der Waals surface area (Å²) in [6, 6.07) is 30.2. The van der Waals surface area contributed by atoms with Crippen LogP contribution in [0, 0.1) is 5.41 Å². The van der Waals surface area contributed by atoms with Gasteiger partial charge in [0.15, 0.2) is 0 Å².